The molecule has 1 aliphatic heterocycles. The average Bonchev–Trinajstić information content (AvgIpc) is 3.05. The molecule has 0 spiro atoms. The molecule has 0 unspecified atom stereocenters. The lowest BCUT2D eigenvalue weighted by Crippen LogP contribution is -2.39. The van der Waals surface area contributed by atoms with E-state index in [-0.39, 0.29) is 23.8 Å². The third-order valence-electron chi connectivity index (χ3n) is 6.23. The van der Waals surface area contributed by atoms with Crippen molar-refractivity contribution in [1.82, 2.24) is 24.6 Å². The van der Waals surface area contributed by atoms with Gasteiger partial charge < -0.3 is 14.6 Å². The highest BCUT2D eigenvalue weighted by molar-refractivity contribution is 5.87. The van der Waals surface area contributed by atoms with E-state index >= 15 is 0 Å². The molecule has 2 aromatic heterocycles. The van der Waals surface area contributed by atoms with Crippen LogP contribution in [0.25, 0.3) is 10.8 Å². The minimum Gasteiger partial charge on any atom is -0.379 e. The third kappa shape index (κ3) is 5.31. The second kappa shape index (κ2) is 10.3. The van der Waals surface area contributed by atoms with Crippen LogP contribution in [0.15, 0.2) is 35.3 Å². The Kier molecular flexibility index (Phi) is 7.20. The summed E-state index contributed by atoms with van der Waals surface area (Å²) in [5, 5.41) is 8.45. The van der Waals surface area contributed by atoms with Crippen molar-refractivity contribution in [2.75, 3.05) is 39.4 Å². The van der Waals surface area contributed by atoms with Crippen LogP contribution in [0, 0.1) is 19.7 Å². The fourth-order valence-electron chi connectivity index (χ4n) is 4.31. The molecule has 0 aliphatic carbocycles. The quantitative estimate of drug-likeness (QED) is 0.525. The number of aryl methyl sites for hydroxylation is 2. The highest BCUT2D eigenvalue weighted by atomic mass is 19.1. The number of hydrogen-bond donors (Lipinski definition) is 1. The van der Waals surface area contributed by atoms with E-state index in [1.54, 1.807) is 18.3 Å². The molecule has 176 valence electrons. The maximum absolute atomic E-state index is 13.2. The van der Waals surface area contributed by atoms with Gasteiger partial charge in [0.2, 0.25) is 5.91 Å². The van der Waals surface area contributed by atoms with Crippen LogP contribution in [0.4, 0.5) is 4.39 Å². The number of carbonyl (C=O) groups excluding carboxylic acids is 1. The number of morpholine rings is 1. The van der Waals surface area contributed by atoms with E-state index in [2.05, 4.69) is 15.3 Å². The van der Waals surface area contributed by atoms with Crippen LogP contribution in [0.2, 0.25) is 0 Å². The minimum atomic E-state index is -0.283. The number of carbonyl (C=O) groups is 1. The van der Waals surface area contributed by atoms with Crippen LogP contribution in [0.5, 0.6) is 0 Å². The Morgan fingerprint density at radius 1 is 1.15 bits per heavy atom. The Bertz CT molecular complexity index is 1180. The van der Waals surface area contributed by atoms with Gasteiger partial charge in [-0.2, -0.15) is 5.10 Å². The van der Waals surface area contributed by atoms with Gasteiger partial charge in [-0.3, -0.25) is 14.5 Å². The zero-order chi connectivity index (χ0) is 23.4. The molecule has 33 heavy (non-hydrogen) atoms. The van der Waals surface area contributed by atoms with Crippen molar-refractivity contribution >= 4 is 16.7 Å². The van der Waals surface area contributed by atoms with Crippen LogP contribution < -0.4 is 10.9 Å². The summed E-state index contributed by atoms with van der Waals surface area (Å²) in [6.07, 6.45) is 2.49. The summed E-state index contributed by atoms with van der Waals surface area (Å²) in [7, 11) is 0. The summed E-state index contributed by atoms with van der Waals surface area (Å²) < 4.78 is 21.8. The minimum absolute atomic E-state index is 0.117. The van der Waals surface area contributed by atoms with Crippen LogP contribution in [-0.2, 0) is 22.6 Å². The number of halogens is 1. The Balaban J connectivity index is 1.42. The van der Waals surface area contributed by atoms with Crippen LogP contribution >= 0.6 is 0 Å². The third-order valence-corrected chi connectivity index (χ3v) is 6.23. The van der Waals surface area contributed by atoms with Crippen molar-refractivity contribution in [2.45, 2.75) is 33.4 Å². The van der Waals surface area contributed by atoms with E-state index in [4.69, 9.17) is 4.74 Å². The maximum Gasteiger partial charge on any atom is 0.276 e. The first kappa shape index (κ1) is 23.1. The molecule has 0 saturated carbocycles. The average molecular weight is 456 g/mol. The molecule has 1 aliphatic rings. The van der Waals surface area contributed by atoms with Gasteiger partial charge in [0.05, 0.1) is 24.8 Å². The Morgan fingerprint density at radius 2 is 1.88 bits per heavy atom. The standard InChI is InChI=1S/C24H30FN5O3/c1-17-21-14-27-30(16-22(31)26-8-3-9-28-10-12-33-13-11-28)24(32)23(21)18(2)29(17)15-19-4-6-20(25)7-5-19/h4-7,14H,3,8-13,15-16H2,1-2H3,(H,26,31). The molecular weight excluding hydrogens is 425 g/mol. The lowest BCUT2D eigenvalue weighted by molar-refractivity contribution is -0.121. The predicted molar refractivity (Wildman–Crippen MR) is 124 cm³/mol. The molecular formula is C24H30FN5O3. The highest BCUT2D eigenvalue weighted by Gasteiger charge is 2.17. The number of aromatic nitrogens is 3. The molecule has 3 aromatic rings. The van der Waals surface area contributed by atoms with Crippen molar-refractivity contribution in [2.24, 2.45) is 0 Å². The number of fused-ring (bicyclic) bond motifs is 1. The fourth-order valence-corrected chi connectivity index (χ4v) is 4.31. The Labute approximate surface area is 191 Å². The number of rotatable bonds is 8. The number of ether oxygens (including phenoxy) is 1. The van der Waals surface area contributed by atoms with Crippen molar-refractivity contribution in [3.05, 3.63) is 63.6 Å². The molecule has 3 heterocycles. The molecule has 0 bridgehead atoms. The molecule has 0 atom stereocenters. The Hall–Kier alpha value is -3.04. The molecule has 1 N–H and O–H groups in total. The molecule has 1 saturated heterocycles. The fraction of sp³-hybridized carbons (Fsp3) is 0.458. The van der Waals surface area contributed by atoms with Crippen LogP contribution in [0.1, 0.15) is 23.4 Å². The smallest absolute Gasteiger partial charge is 0.276 e. The number of nitrogens with zero attached hydrogens (tertiary/aromatic N) is 4. The summed E-state index contributed by atoms with van der Waals surface area (Å²) >= 11 is 0. The lowest BCUT2D eigenvalue weighted by atomic mass is 10.2. The SMILES string of the molecule is Cc1c2cnn(CC(=O)NCCCN3CCOCC3)c(=O)c2c(C)n1Cc1ccc(F)cc1. The summed E-state index contributed by atoms with van der Waals surface area (Å²) in [4.78, 5) is 27.8. The van der Waals surface area contributed by atoms with Gasteiger partial charge in [-0.1, -0.05) is 12.1 Å². The van der Waals surface area contributed by atoms with Crippen molar-refractivity contribution < 1.29 is 13.9 Å². The zero-order valence-corrected chi connectivity index (χ0v) is 19.1. The summed E-state index contributed by atoms with van der Waals surface area (Å²) in [5.74, 6) is -0.512. The van der Waals surface area contributed by atoms with E-state index in [0.717, 1.165) is 61.6 Å². The van der Waals surface area contributed by atoms with E-state index in [9.17, 15) is 14.0 Å². The van der Waals surface area contributed by atoms with Crippen molar-refractivity contribution in [3.8, 4) is 0 Å². The number of benzene rings is 1. The second-order valence-corrected chi connectivity index (χ2v) is 8.44. The molecule has 1 fully saturated rings. The molecule has 0 radical (unpaired) electrons. The summed E-state index contributed by atoms with van der Waals surface area (Å²) in [6, 6.07) is 6.33. The zero-order valence-electron chi connectivity index (χ0n) is 19.1. The van der Waals surface area contributed by atoms with Gasteiger partial charge in [0, 0.05) is 43.0 Å². The lowest BCUT2D eigenvalue weighted by Gasteiger charge is -2.26. The predicted octanol–water partition coefficient (Wildman–Crippen LogP) is 1.84. The first-order chi connectivity index (χ1) is 15.9. The molecule has 8 nitrogen and oxygen atoms in total. The van der Waals surface area contributed by atoms with Gasteiger partial charge in [0.15, 0.2) is 0 Å². The largest absolute Gasteiger partial charge is 0.379 e. The topological polar surface area (TPSA) is 81.4 Å². The normalized spacial score (nSPS) is 14.6. The van der Waals surface area contributed by atoms with Gasteiger partial charge in [-0.15, -0.1) is 0 Å². The van der Waals surface area contributed by atoms with E-state index in [0.29, 0.717) is 18.5 Å². The van der Waals surface area contributed by atoms with E-state index in [1.807, 2.05) is 18.4 Å². The highest BCUT2D eigenvalue weighted by Crippen LogP contribution is 2.23. The number of nitrogens with one attached hydrogen (secondary N) is 1. The van der Waals surface area contributed by atoms with Gasteiger partial charge >= 0.3 is 0 Å². The van der Waals surface area contributed by atoms with Crippen molar-refractivity contribution in [3.63, 3.8) is 0 Å². The second-order valence-electron chi connectivity index (χ2n) is 8.44. The maximum atomic E-state index is 13.2. The van der Waals surface area contributed by atoms with Crippen LogP contribution in [0.3, 0.4) is 0 Å². The molecule has 4 rings (SSSR count). The van der Waals surface area contributed by atoms with Gasteiger partial charge in [0.1, 0.15) is 12.4 Å². The Morgan fingerprint density at radius 3 is 2.61 bits per heavy atom. The van der Waals surface area contributed by atoms with E-state index < -0.39 is 0 Å². The van der Waals surface area contributed by atoms with Gasteiger partial charge in [0.25, 0.3) is 5.56 Å². The first-order valence-corrected chi connectivity index (χ1v) is 11.3. The summed E-state index contributed by atoms with van der Waals surface area (Å²) in [5.41, 5.74) is 2.37. The summed E-state index contributed by atoms with van der Waals surface area (Å²) in [6.45, 7) is 9.06. The van der Waals surface area contributed by atoms with Gasteiger partial charge in [-0.25, -0.2) is 9.07 Å². The van der Waals surface area contributed by atoms with Crippen molar-refractivity contribution in [1.29, 1.82) is 0 Å². The molecule has 1 aromatic carbocycles. The molecule has 1 amide bonds. The first-order valence-electron chi connectivity index (χ1n) is 11.3. The number of amides is 1. The molecule has 9 heteroatoms. The van der Waals surface area contributed by atoms with Gasteiger partial charge in [-0.05, 0) is 44.5 Å². The monoisotopic (exact) mass is 455 g/mol. The van der Waals surface area contributed by atoms with E-state index in [1.165, 1.54) is 16.8 Å². The van der Waals surface area contributed by atoms with Crippen LogP contribution in [-0.4, -0.2) is 64.5 Å². The number of hydrogen-bond acceptors (Lipinski definition) is 5.